The lowest BCUT2D eigenvalue weighted by molar-refractivity contribution is 0.225. The zero-order chi connectivity index (χ0) is 9.90. The van der Waals surface area contributed by atoms with Crippen molar-refractivity contribution in [1.29, 1.82) is 0 Å². The van der Waals surface area contributed by atoms with E-state index in [9.17, 15) is 0 Å². The Hall–Kier alpha value is -0.0800. The Morgan fingerprint density at radius 2 is 2.00 bits per heavy atom. The lowest BCUT2D eigenvalue weighted by Crippen LogP contribution is -2.48. The van der Waals surface area contributed by atoms with Crippen molar-refractivity contribution >= 4 is 0 Å². The van der Waals surface area contributed by atoms with E-state index in [2.05, 4.69) is 38.3 Å². The molecule has 0 aliphatic carbocycles. The zero-order valence-electron chi connectivity index (χ0n) is 9.48. The van der Waals surface area contributed by atoms with Crippen LogP contribution < -0.4 is 10.6 Å². The highest BCUT2D eigenvalue weighted by Gasteiger charge is 2.23. The van der Waals surface area contributed by atoms with Crippen molar-refractivity contribution in [3.05, 3.63) is 0 Å². The van der Waals surface area contributed by atoms with Crippen molar-refractivity contribution in [3.63, 3.8) is 0 Å². The third-order valence-electron chi connectivity index (χ3n) is 3.44. The van der Waals surface area contributed by atoms with Crippen LogP contribution >= 0.6 is 0 Å². The summed E-state index contributed by atoms with van der Waals surface area (Å²) in [4.78, 5) is 0. The van der Waals surface area contributed by atoms with Gasteiger partial charge in [-0.2, -0.15) is 0 Å². The van der Waals surface area contributed by atoms with Gasteiger partial charge >= 0.3 is 0 Å². The van der Waals surface area contributed by atoms with Gasteiger partial charge in [-0.1, -0.05) is 27.7 Å². The SMILES string of the molecule is CC(C)C(C)(C)CNCC1CNC1. The van der Waals surface area contributed by atoms with Crippen LogP contribution in [0.5, 0.6) is 0 Å². The van der Waals surface area contributed by atoms with Crippen LogP contribution in [0.25, 0.3) is 0 Å². The van der Waals surface area contributed by atoms with Gasteiger partial charge in [-0.15, -0.1) is 0 Å². The van der Waals surface area contributed by atoms with Crippen LogP contribution in [0.15, 0.2) is 0 Å². The van der Waals surface area contributed by atoms with Gasteiger partial charge in [-0.3, -0.25) is 0 Å². The van der Waals surface area contributed by atoms with E-state index in [0.29, 0.717) is 5.41 Å². The number of hydrogen-bond donors (Lipinski definition) is 2. The fourth-order valence-corrected chi connectivity index (χ4v) is 1.30. The van der Waals surface area contributed by atoms with Crippen LogP contribution in [0, 0.1) is 17.3 Å². The molecule has 78 valence electrons. The second-order valence-corrected chi connectivity index (χ2v) is 5.30. The van der Waals surface area contributed by atoms with Crippen LogP contribution in [0.3, 0.4) is 0 Å². The van der Waals surface area contributed by atoms with Gasteiger partial charge in [0.2, 0.25) is 0 Å². The molecular weight excluding hydrogens is 160 g/mol. The summed E-state index contributed by atoms with van der Waals surface area (Å²) in [6.45, 7) is 14.0. The molecule has 0 aromatic rings. The molecule has 0 aromatic carbocycles. The molecule has 0 spiro atoms. The predicted octanol–water partition coefficient (Wildman–Crippen LogP) is 1.48. The molecule has 1 aliphatic rings. The lowest BCUT2D eigenvalue weighted by atomic mass is 9.81. The Kier molecular flexibility index (Phi) is 3.74. The van der Waals surface area contributed by atoms with Crippen molar-refractivity contribution in [2.75, 3.05) is 26.2 Å². The van der Waals surface area contributed by atoms with E-state index in [1.807, 2.05) is 0 Å². The molecule has 0 atom stereocenters. The van der Waals surface area contributed by atoms with E-state index in [0.717, 1.165) is 18.4 Å². The molecule has 0 aromatic heterocycles. The van der Waals surface area contributed by atoms with Gasteiger partial charge in [-0.05, 0) is 17.3 Å². The Labute approximate surface area is 82.5 Å². The number of hydrogen-bond acceptors (Lipinski definition) is 2. The molecule has 1 saturated heterocycles. The standard InChI is InChI=1S/C11H24N2/c1-9(2)11(3,4)8-13-7-10-5-12-6-10/h9-10,12-13H,5-8H2,1-4H3. The maximum absolute atomic E-state index is 3.57. The minimum absolute atomic E-state index is 0.428. The fourth-order valence-electron chi connectivity index (χ4n) is 1.30. The van der Waals surface area contributed by atoms with Gasteiger partial charge in [0, 0.05) is 26.2 Å². The summed E-state index contributed by atoms with van der Waals surface area (Å²) in [5, 5.41) is 6.86. The van der Waals surface area contributed by atoms with Crippen LogP contribution in [0.1, 0.15) is 27.7 Å². The maximum atomic E-state index is 3.57. The topological polar surface area (TPSA) is 24.1 Å². The molecule has 2 N–H and O–H groups in total. The summed E-state index contributed by atoms with van der Waals surface area (Å²) >= 11 is 0. The van der Waals surface area contributed by atoms with Crippen molar-refractivity contribution in [2.45, 2.75) is 27.7 Å². The highest BCUT2D eigenvalue weighted by Crippen LogP contribution is 2.24. The molecule has 1 rings (SSSR count). The third-order valence-corrected chi connectivity index (χ3v) is 3.44. The van der Waals surface area contributed by atoms with Crippen molar-refractivity contribution in [3.8, 4) is 0 Å². The Bertz CT molecular complexity index is 148. The summed E-state index contributed by atoms with van der Waals surface area (Å²) in [5.74, 6) is 1.63. The third kappa shape index (κ3) is 3.28. The van der Waals surface area contributed by atoms with E-state index < -0.39 is 0 Å². The van der Waals surface area contributed by atoms with Crippen LogP contribution in [-0.2, 0) is 0 Å². The summed E-state index contributed by atoms with van der Waals surface area (Å²) in [5.41, 5.74) is 0.428. The molecule has 0 amide bonds. The first kappa shape index (κ1) is 11.0. The highest BCUT2D eigenvalue weighted by molar-refractivity contribution is 4.79. The molecule has 0 radical (unpaired) electrons. The second kappa shape index (κ2) is 4.43. The summed E-state index contributed by atoms with van der Waals surface area (Å²) in [6, 6.07) is 0. The van der Waals surface area contributed by atoms with Gasteiger partial charge in [0.15, 0.2) is 0 Å². The van der Waals surface area contributed by atoms with Gasteiger partial charge in [0.25, 0.3) is 0 Å². The molecular formula is C11H24N2. The van der Waals surface area contributed by atoms with Crippen molar-refractivity contribution in [2.24, 2.45) is 17.3 Å². The Morgan fingerprint density at radius 3 is 2.38 bits per heavy atom. The molecule has 2 nitrogen and oxygen atoms in total. The molecule has 0 saturated carbocycles. The quantitative estimate of drug-likeness (QED) is 0.676. The Morgan fingerprint density at radius 1 is 1.38 bits per heavy atom. The molecule has 0 bridgehead atoms. The predicted molar refractivity (Wildman–Crippen MR) is 57.8 cm³/mol. The normalized spacial score (nSPS) is 19.2. The monoisotopic (exact) mass is 184 g/mol. The molecule has 1 fully saturated rings. The van der Waals surface area contributed by atoms with Crippen LogP contribution in [-0.4, -0.2) is 26.2 Å². The first-order valence-corrected chi connectivity index (χ1v) is 5.44. The average Bonchev–Trinajstić information content (AvgIpc) is 1.94. The van der Waals surface area contributed by atoms with E-state index in [-0.39, 0.29) is 0 Å². The smallest absolute Gasteiger partial charge is 0.000510 e. The minimum Gasteiger partial charge on any atom is -0.316 e. The molecule has 1 heterocycles. The molecule has 13 heavy (non-hydrogen) atoms. The van der Waals surface area contributed by atoms with E-state index in [1.54, 1.807) is 0 Å². The number of nitrogens with one attached hydrogen (secondary N) is 2. The molecule has 1 aliphatic heterocycles. The van der Waals surface area contributed by atoms with Crippen molar-refractivity contribution < 1.29 is 0 Å². The van der Waals surface area contributed by atoms with E-state index in [4.69, 9.17) is 0 Å². The summed E-state index contributed by atoms with van der Waals surface area (Å²) in [7, 11) is 0. The Balaban J connectivity index is 2.09. The highest BCUT2D eigenvalue weighted by atomic mass is 15.0. The first-order chi connectivity index (χ1) is 6.02. The number of rotatable bonds is 5. The second-order valence-electron chi connectivity index (χ2n) is 5.30. The zero-order valence-corrected chi connectivity index (χ0v) is 9.48. The van der Waals surface area contributed by atoms with Crippen LogP contribution in [0.4, 0.5) is 0 Å². The van der Waals surface area contributed by atoms with Crippen LogP contribution in [0.2, 0.25) is 0 Å². The van der Waals surface area contributed by atoms with Gasteiger partial charge < -0.3 is 10.6 Å². The summed E-state index contributed by atoms with van der Waals surface area (Å²) < 4.78 is 0. The molecule has 2 heteroatoms. The van der Waals surface area contributed by atoms with Gasteiger partial charge in [0.1, 0.15) is 0 Å². The first-order valence-electron chi connectivity index (χ1n) is 5.44. The lowest BCUT2D eigenvalue weighted by Gasteiger charge is -2.32. The van der Waals surface area contributed by atoms with E-state index >= 15 is 0 Å². The summed E-state index contributed by atoms with van der Waals surface area (Å²) in [6.07, 6.45) is 0. The van der Waals surface area contributed by atoms with E-state index in [1.165, 1.54) is 19.6 Å². The van der Waals surface area contributed by atoms with Crippen molar-refractivity contribution in [1.82, 2.24) is 10.6 Å². The van der Waals surface area contributed by atoms with Gasteiger partial charge in [0.05, 0.1) is 0 Å². The average molecular weight is 184 g/mol. The molecule has 0 unspecified atom stereocenters. The maximum Gasteiger partial charge on any atom is 0.000510 e. The van der Waals surface area contributed by atoms with Gasteiger partial charge in [-0.25, -0.2) is 0 Å². The fraction of sp³-hybridized carbons (Fsp3) is 1.00. The minimum atomic E-state index is 0.428. The largest absolute Gasteiger partial charge is 0.316 e.